The van der Waals surface area contributed by atoms with Crippen LogP contribution < -0.4 is 0 Å². The van der Waals surface area contributed by atoms with E-state index < -0.39 is 0 Å². The Labute approximate surface area is 451 Å². The minimum atomic E-state index is 1.19. The van der Waals surface area contributed by atoms with Crippen molar-refractivity contribution < 1.29 is 0 Å². The molecule has 0 heteroatoms. The molecule has 0 rings (SSSR count). The van der Waals surface area contributed by atoms with Crippen molar-refractivity contribution in [1.82, 2.24) is 0 Å². The van der Waals surface area contributed by atoms with Crippen LogP contribution in [-0.4, -0.2) is 0 Å². The van der Waals surface area contributed by atoms with Gasteiger partial charge in [-0.2, -0.15) is 0 Å². The second-order valence-corrected chi connectivity index (χ2v) is 15.0. The number of hydrogen-bond acceptors (Lipinski definition) is 0. The smallest absolute Gasteiger partial charge is 0.0353 e. The number of allylic oxidation sites excluding steroid dienone is 7. The summed E-state index contributed by atoms with van der Waals surface area (Å²) in [6.07, 6.45) is 60.3. The summed E-state index contributed by atoms with van der Waals surface area (Å²) < 4.78 is 0. The Kier molecular flexibility index (Phi) is 272. The van der Waals surface area contributed by atoms with Gasteiger partial charge < -0.3 is 0 Å². The van der Waals surface area contributed by atoms with Crippen LogP contribution >= 0.6 is 0 Å². The molecule has 0 aromatic carbocycles. The second-order valence-electron chi connectivity index (χ2n) is 15.0. The quantitative estimate of drug-likeness (QED) is 0.0439. The molecule has 0 aliphatic rings. The molecule has 70 heavy (non-hydrogen) atoms. The Balaban J connectivity index is -0.0000000417. The lowest BCUT2D eigenvalue weighted by atomic mass is 10.2. The van der Waals surface area contributed by atoms with Crippen molar-refractivity contribution >= 4 is 0 Å². The third kappa shape index (κ3) is 263. The van der Waals surface area contributed by atoms with Crippen LogP contribution in [0.1, 0.15) is 273 Å². The highest BCUT2D eigenvalue weighted by molar-refractivity contribution is 4.68. The molecule has 0 unspecified atom stereocenters. The normalized spacial score (nSPS) is 7.70. The van der Waals surface area contributed by atoms with Crippen molar-refractivity contribution in [3.05, 3.63) is 181 Å². The molecular weight excluding hydrogens is 841 g/mol. The lowest BCUT2D eigenvalue weighted by Gasteiger charge is -1.91. The maximum atomic E-state index is 3.66. The molecule has 0 aliphatic heterocycles. The Morgan fingerprint density at radius 1 is 0.157 bits per heavy atom. The van der Waals surface area contributed by atoms with E-state index in [9.17, 15) is 0 Å². The van der Waals surface area contributed by atoms with Crippen LogP contribution in [0, 0.1) is 0 Å². The molecule has 0 N–H and O–H groups in total. The molecule has 0 fully saturated rings. The molecule has 0 atom stereocenters. The van der Waals surface area contributed by atoms with Gasteiger partial charge in [-0.05, 0) is 89.9 Å². The van der Waals surface area contributed by atoms with Gasteiger partial charge in [-0.25, -0.2) is 0 Å². The van der Waals surface area contributed by atoms with E-state index in [1.165, 1.54) is 225 Å². The molecule has 0 spiro atoms. The molecule has 0 bridgehead atoms. The van der Waals surface area contributed by atoms with Crippen LogP contribution in [0.25, 0.3) is 0 Å². The monoisotopic (exact) mass is 981 g/mol. The topological polar surface area (TPSA) is 0 Å². The molecule has 0 aliphatic carbocycles. The first kappa shape index (κ1) is 103. The zero-order valence-electron chi connectivity index (χ0n) is 50.6. The van der Waals surface area contributed by atoms with Gasteiger partial charge in [0.15, 0.2) is 0 Å². The van der Waals surface area contributed by atoms with E-state index in [1.54, 1.807) is 0 Å². The van der Waals surface area contributed by atoms with Crippen LogP contribution in [0.4, 0.5) is 0 Å². The predicted octanol–water partition coefficient (Wildman–Crippen LogP) is 27.6. The number of rotatable bonds is 35. The van der Waals surface area contributed by atoms with E-state index in [1.807, 2.05) is 42.5 Å². The second kappa shape index (κ2) is 184. The maximum Gasteiger partial charge on any atom is -0.0353 e. The Morgan fingerprint density at radius 2 is 0.243 bits per heavy atom. The van der Waals surface area contributed by atoms with E-state index in [0.29, 0.717) is 0 Å². The summed E-state index contributed by atoms with van der Waals surface area (Å²) in [6, 6.07) is 0. The summed E-state index contributed by atoms with van der Waals surface area (Å²) >= 11 is 0. The van der Waals surface area contributed by atoms with Gasteiger partial charge in [-0.15, -0.1) is 138 Å². The molecule has 0 saturated carbocycles. The maximum absolute atomic E-state index is 3.66. The van der Waals surface area contributed by atoms with Gasteiger partial charge in [-0.1, -0.05) is 226 Å². The van der Waals surface area contributed by atoms with Gasteiger partial charge in [0.05, 0.1) is 0 Å². The summed E-state index contributed by atoms with van der Waals surface area (Å²) in [6.45, 7) is 83.2. The molecule has 0 nitrogen and oxygen atoms in total. The van der Waals surface area contributed by atoms with E-state index in [0.717, 1.165) is 0 Å². The number of hydrogen-bond donors (Lipinski definition) is 0. The summed E-state index contributed by atoms with van der Waals surface area (Å²) in [5.74, 6) is 0. The van der Waals surface area contributed by atoms with Crippen LogP contribution in [0.15, 0.2) is 181 Å². The highest BCUT2D eigenvalue weighted by Crippen LogP contribution is 2.05. The van der Waals surface area contributed by atoms with Crippen molar-refractivity contribution in [2.75, 3.05) is 0 Å². The van der Waals surface area contributed by atoms with Crippen LogP contribution in [-0.2, 0) is 0 Å². The van der Waals surface area contributed by atoms with Crippen molar-refractivity contribution in [2.45, 2.75) is 273 Å². The van der Waals surface area contributed by atoms with E-state index in [2.05, 4.69) is 187 Å². The Hall–Kier alpha value is -3.64. The van der Waals surface area contributed by atoms with Crippen molar-refractivity contribution in [3.8, 4) is 0 Å². The van der Waals surface area contributed by atoms with E-state index >= 15 is 0 Å². The minimum Gasteiger partial charge on any atom is -0.106 e. The average molecular weight is 982 g/mol. The number of unbranched alkanes of at least 4 members (excludes halogenated alkanes) is 28. The fraction of sp³-hybridized carbons (Fsp3) is 0.600. The Morgan fingerprint density at radius 3 is 0.300 bits per heavy atom. The first-order valence-corrected chi connectivity index (χ1v) is 28.2. The molecular formula is C70H140. The highest BCUT2D eigenvalue weighted by Gasteiger charge is 1.85. The third-order valence-corrected chi connectivity index (χ3v) is 8.83. The van der Waals surface area contributed by atoms with Crippen molar-refractivity contribution in [2.24, 2.45) is 0 Å². The van der Waals surface area contributed by atoms with E-state index in [-0.39, 0.29) is 0 Å². The first-order chi connectivity index (χ1) is 34.4. The van der Waals surface area contributed by atoms with Crippen LogP contribution in [0.3, 0.4) is 0 Å². The fourth-order valence-corrected chi connectivity index (χ4v) is 5.01. The minimum absolute atomic E-state index is 1.19. The SMILES string of the molecule is C=C.C=C.C=C.C=C.C=C.C=C.C=C.C=CCCCCCC.C=CCCCCCC.C=CCCCCCC.C=CCCCCCC.C=CCCCCCC.C=CCCCCCC.C=CCCCCCC. The van der Waals surface area contributed by atoms with Crippen molar-refractivity contribution in [3.63, 3.8) is 0 Å². The molecule has 0 aromatic heterocycles. The zero-order valence-corrected chi connectivity index (χ0v) is 50.6. The van der Waals surface area contributed by atoms with Gasteiger partial charge in [-0.3, -0.25) is 0 Å². The van der Waals surface area contributed by atoms with Gasteiger partial charge in [0, 0.05) is 0 Å². The third-order valence-electron chi connectivity index (χ3n) is 8.83. The molecule has 0 aromatic rings. The largest absolute Gasteiger partial charge is 0.106 e. The lowest BCUT2D eigenvalue weighted by Crippen LogP contribution is -1.71. The van der Waals surface area contributed by atoms with Gasteiger partial charge in [0.2, 0.25) is 0 Å². The van der Waals surface area contributed by atoms with Crippen molar-refractivity contribution in [1.29, 1.82) is 0 Å². The van der Waals surface area contributed by atoms with Gasteiger partial charge in [0.25, 0.3) is 0 Å². The molecule has 0 radical (unpaired) electrons. The van der Waals surface area contributed by atoms with Gasteiger partial charge in [0.1, 0.15) is 0 Å². The zero-order chi connectivity index (χ0) is 57.7. The standard InChI is InChI=1S/7C8H16.7C2H4/c7*1-3-5-7-8-6-4-2;7*1-2/h7*3H,1,4-8H2,2H3;7*1-2H2. The summed E-state index contributed by atoms with van der Waals surface area (Å²) in [5.41, 5.74) is 0. The molecule has 0 saturated heterocycles. The lowest BCUT2D eigenvalue weighted by molar-refractivity contribution is 0.675. The summed E-state index contributed by atoms with van der Waals surface area (Å²) in [4.78, 5) is 0. The van der Waals surface area contributed by atoms with Crippen LogP contribution in [0.5, 0.6) is 0 Å². The average Bonchev–Trinajstić information content (AvgIpc) is 3.43. The molecule has 0 amide bonds. The Bertz CT molecular complexity index is 562. The highest BCUT2D eigenvalue weighted by atomic mass is 13.9. The molecule has 420 valence electrons. The predicted molar refractivity (Wildman–Crippen MR) is 351 cm³/mol. The fourth-order valence-electron chi connectivity index (χ4n) is 5.01. The van der Waals surface area contributed by atoms with E-state index in [4.69, 9.17) is 0 Å². The summed E-state index contributed by atoms with van der Waals surface area (Å²) in [7, 11) is 0. The van der Waals surface area contributed by atoms with Gasteiger partial charge >= 0.3 is 0 Å². The van der Waals surface area contributed by atoms with Crippen LogP contribution in [0.2, 0.25) is 0 Å². The first-order valence-electron chi connectivity index (χ1n) is 28.2. The molecule has 0 heterocycles. The summed E-state index contributed by atoms with van der Waals surface area (Å²) in [5, 5.41) is 0.